The number of hydrogen-bond acceptors (Lipinski definition) is 9. The van der Waals surface area contributed by atoms with Crippen LogP contribution in [0.4, 0.5) is 0 Å². The van der Waals surface area contributed by atoms with E-state index < -0.39 is 53.8 Å². The number of aliphatic imine (C=N–C) groups is 1. The summed E-state index contributed by atoms with van der Waals surface area (Å²) in [5.74, 6) is -3.54. The van der Waals surface area contributed by atoms with Crippen LogP contribution >= 0.6 is 11.8 Å². The molecule has 14 N–H and O–H groups in total. The van der Waals surface area contributed by atoms with Gasteiger partial charge in [0.1, 0.15) is 18.1 Å². The van der Waals surface area contributed by atoms with Crippen LogP contribution in [0.25, 0.3) is 0 Å². The highest BCUT2D eigenvalue weighted by molar-refractivity contribution is 7.98. The van der Waals surface area contributed by atoms with Crippen LogP contribution in [0.3, 0.4) is 0 Å². The zero-order valence-electron chi connectivity index (χ0n) is 21.8. The monoisotopic (exact) mass is 561 g/mol. The molecular formula is C22H43N9O6S. The van der Waals surface area contributed by atoms with Gasteiger partial charge in [-0.25, -0.2) is 4.79 Å². The summed E-state index contributed by atoms with van der Waals surface area (Å²) in [4.78, 5) is 65.3. The van der Waals surface area contributed by atoms with Crippen LogP contribution in [0, 0.1) is 0 Å². The maximum atomic E-state index is 13.1. The Labute approximate surface area is 226 Å². The zero-order chi connectivity index (χ0) is 29.1. The molecule has 4 unspecified atom stereocenters. The number of hydrogen-bond donors (Lipinski definition) is 9. The second-order valence-corrected chi connectivity index (χ2v) is 9.63. The van der Waals surface area contributed by atoms with Gasteiger partial charge in [-0.1, -0.05) is 0 Å². The van der Waals surface area contributed by atoms with Crippen molar-refractivity contribution in [1.29, 1.82) is 0 Å². The van der Waals surface area contributed by atoms with Crippen LogP contribution in [-0.2, 0) is 24.0 Å². The van der Waals surface area contributed by atoms with E-state index in [0.717, 1.165) is 0 Å². The van der Waals surface area contributed by atoms with E-state index in [0.29, 0.717) is 38.1 Å². The molecule has 0 radical (unpaired) electrons. The number of primary amides is 1. The molecule has 0 aromatic rings. The fraction of sp³-hybridized carbons (Fsp3) is 0.727. The summed E-state index contributed by atoms with van der Waals surface area (Å²) in [5.41, 5.74) is 27.1. The van der Waals surface area contributed by atoms with E-state index in [1.54, 1.807) is 0 Å². The SMILES string of the molecule is CSCCC(NC(=O)C(N)CCCN=C(N)N)C(=O)NC(CCC(N)=O)C(=O)NC(CCCCN)C(=O)O. The first kappa shape index (κ1) is 34.9. The fourth-order valence-electron chi connectivity index (χ4n) is 3.28. The molecule has 16 heteroatoms. The summed E-state index contributed by atoms with van der Waals surface area (Å²) < 4.78 is 0. The van der Waals surface area contributed by atoms with E-state index in [1.165, 1.54) is 11.8 Å². The quantitative estimate of drug-likeness (QED) is 0.0388. The highest BCUT2D eigenvalue weighted by Gasteiger charge is 2.30. The van der Waals surface area contributed by atoms with Gasteiger partial charge in [-0.3, -0.25) is 24.2 Å². The van der Waals surface area contributed by atoms with Gasteiger partial charge >= 0.3 is 5.97 Å². The molecule has 4 atom stereocenters. The van der Waals surface area contributed by atoms with Crippen LogP contribution in [0.2, 0.25) is 0 Å². The van der Waals surface area contributed by atoms with Crippen LogP contribution < -0.4 is 44.6 Å². The van der Waals surface area contributed by atoms with Crippen LogP contribution in [-0.4, -0.2) is 89.9 Å². The highest BCUT2D eigenvalue weighted by Crippen LogP contribution is 2.07. The highest BCUT2D eigenvalue weighted by atomic mass is 32.2. The molecule has 38 heavy (non-hydrogen) atoms. The molecule has 0 spiro atoms. The number of carboxylic acid groups (broad SMARTS) is 1. The zero-order valence-corrected chi connectivity index (χ0v) is 22.6. The van der Waals surface area contributed by atoms with E-state index >= 15 is 0 Å². The third kappa shape index (κ3) is 15.9. The summed E-state index contributed by atoms with van der Waals surface area (Å²) in [5, 5.41) is 17.0. The Kier molecular flexibility index (Phi) is 18.3. The normalized spacial score (nSPS) is 13.9. The van der Waals surface area contributed by atoms with E-state index in [-0.39, 0.29) is 38.1 Å². The minimum Gasteiger partial charge on any atom is -0.480 e. The largest absolute Gasteiger partial charge is 0.480 e. The average Bonchev–Trinajstić information content (AvgIpc) is 2.85. The van der Waals surface area contributed by atoms with E-state index in [9.17, 15) is 29.1 Å². The van der Waals surface area contributed by atoms with Gasteiger partial charge in [-0.15, -0.1) is 0 Å². The maximum absolute atomic E-state index is 13.1. The number of carbonyl (C=O) groups is 5. The standard InChI is InChI=1S/C22H43N9O6S/c1-38-12-9-15(29-18(33)13(24)5-4-11-28-22(26)27)20(35)30-14(7-8-17(25)32)19(34)31-16(21(36)37)6-2-3-10-23/h13-16H,2-12,23-24H2,1H3,(H2,25,32)(H,29,33)(H,30,35)(H,31,34)(H,36,37)(H4,26,27,28). The molecule has 0 aromatic carbocycles. The van der Waals surface area contributed by atoms with Gasteiger partial charge in [-0.2, -0.15) is 11.8 Å². The lowest BCUT2D eigenvalue weighted by Crippen LogP contribution is -2.57. The Bertz CT molecular complexity index is 810. The van der Waals surface area contributed by atoms with Gasteiger partial charge in [0.05, 0.1) is 6.04 Å². The molecule has 0 saturated heterocycles. The second kappa shape index (κ2) is 19.9. The molecule has 0 bridgehead atoms. The summed E-state index contributed by atoms with van der Waals surface area (Å²) in [6.07, 6.45) is 3.58. The van der Waals surface area contributed by atoms with Crippen molar-refractivity contribution in [2.75, 3.05) is 25.1 Å². The Morgan fingerprint density at radius 3 is 1.92 bits per heavy atom. The molecule has 0 aliphatic rings. The van der Waals surface area contributed by atoms with Crippen molar-refractivity contribution < 1.29 is 29.1 Å². The van der Waals surface area contributed by atoms with Gasteiger partial charge in [0.25, 0.3) is 0 Å². The van der Waals surface area contributed by atoms with Crippen molar-refractivity contribution in [2.45, 2.75) is 75.5 Å². The molecule has 0 saturated carbocycles. The number of carboxylic acids is 1. The van der Waals surface area contributed by atoms with Crippen molar-refractivity contribution in [3.8, 4) is 0 Å². The number of amides is 4. The summed E-state index contributed by atoms with van der Waals surface area (Å²) in [7, 11) is 0. The first-order chi connectivity index (χ1) is 17.9. The van der Waals surface area contributed by atoms with E-state index in [2.05, 4.69) is 20.9 Å². The summed E-state index contributed by atoms with van der Waals surface area (Å²) in [6.45, 7) is 0.667. The lowest BCUT2D eigenvalue weighted by atomic mass is 10.1. The van der Waals surface area contributed by atoms with Gasteiger partial charge < -0.3 is 49.7 Å². The van der Waals surface area contributed by atoms with Crippen molar-refractivity contribution >= 4 is 47.3 Å². The van der Waals surface area contributed by atoms with Crippen LogP contribution in [0.1, 0.15) is 51.4 Å². The number of thioether (sulfide) groups is 1. The average molecular weight is 562 g/mol. The van der Waals surface area contributed by atoms with Crippen LogP contribution in [0.15, 0.2) is 4.99 Å². The fourth-order valence-corrected chi connectivity index (χ4v) is 3.76. The third-order valence-electron chi connectivity index (χ3n) is 5.42. The number of rotatable bonds is 21. The number of nitrogens with zero attached hydrogens (tertiary/aromatic N) is 1. The van der Waals surface area contributed by atoms with Gasteiger partial charge in [0, 0.05) is 13.0 Å². The Hall–Kier alpha value is -3.11. The number of carbonyl (C=O) groups excluding carboxylic acids is 4. The number of nitrogens with two attached hydrogens (primary N) is 5. The number of aliphatic carboxylic acids is 1. The lowest BCUT2D eigenvalue weighted by molar-refractivity contribution is -0.142. The second-order valence-electron chi connectivity index (χ2n) is 8.65. The molecule has 0 heterocycles. The lowest BCUT2D eigenvalue weighted by Gasteiger charge is -2.25. The van der Waals surface area contributed by atoms with Crippen molar-refractivity contribution in [3.05, 3.63) is 0 Å². The minimum atomic E-state index is -1.26. The summed E-state index contributed by atoms with van der Waals surface area (Å²) >= 11 is 1.45. The maximum Gasteiger partial charge on any atom is 0.326 e. The Morgan fingerprint density at radius 1 is 0.816 bits per heavy atom. The van der Waals surface area contributed by atoms with Crippen LogP contribution in [0.5, 0.6) is 0 Å². The minimum absolute atomic E-state index is 0.0722. The topological polar surface area (TPSA) is 284 Å². The number of nitrogens with one attached hydrogen (secondary N) is 3. The number of guanidine groups is 1. The molecule has 218 valence electrons. The predicted molar refractivity (Wildman–Crippen MR) is 146 cm³/mol. The van der Waals surface area contributed by atoms with Crippen molar-refractivity contribution in [3.63, 3.8) is 0 Å². The van der Waals surface area contributed by atoms with Gasteiger partial charge in [0.2, 0.25) is 23.6 Å². The Balaban J connectivity index is 5.42. The predicted octanol–water partition coefficient (Wildman–Crippen LogP) is -2.95. The molecular weight excluding hydrogens is 518 g/mol. The molecule has 0 fully saturated rings. The molecule has 0 aliphatic heterocycles. The van der Waals surface area contributed by atoms with E-state index in [4.69, 9.17) is 28.7 Å². The molecule has 15 nitrogen and oxygen atoms in total. The molecule has 4 amide bonds. The van der Waals surface area contributed by atoms with Gasteiger partial charge in [-0.05, 0) is 63.5 Å². The van der Waals surface area contributed by atoms with Gasteiger partial charge in [0.15, 0.2) is 5.96 Å². The first-order valence-corrected chi connectivity index (χ1v) is 13.7. The Morgan fingerprint density at radius 2 is 1.39 bits per heavy atom. The van der Waals surface area contributed by atoms with Crippen molar-refractivity contribution in [2.24, 2.45) is 33.7 Å². The van der Waals surface area contributed by atoms with E-state index in [1.807, 2.05) is 6.26 Å². The third-order valence-corrected chi connectivity index (χ3v) is 6.07. The first-order valence-electron chi connectivity index (χ1n) is 12.3. The van der Waals surface area contributed by atoms with Crippen molar-refractivity contribution in [1.82, 2.24) is 16.0 Å². The molecule has 0 rings (SSSR count). The molecule has 0 aliphatic carbocycles. The number of unbranched alkanes of at least 4 members (excludes halogenated alkanes) is 1. The summed E-state index contributed by atoms with van der Waals surface area (Å²) in [6, 6.07) is -4.41. The smallest absolute Gasteiger partial charge is 0.326 e. The molecule has 0 aromatic heterocycles.